The molecular weight excluding hydrogens is 430 g/mol. The normalized spacial score (nSPS) is 11.3. The lowest BCUT2D eigenvalue weighted by atomic mass is 10.0. The number of rotatable bonds is 17. The Kier molecular flexibility index (Phi) is 11.9. The van der Waals surface area contributed by atoms with E-state index in [-0.39, 0.29) is 5.91 Å². The molecule has 0 saturated carbocycles. The van der Waals surface area contributed by atoms with Gasteiger partial charge in [-0.1, -0.05) is 109 Å². The van der Waals surface area contributed by atoms with Gasteiger partial charge in [0.15, 0.2) is 0 Å². The highest BCUT2D eigenvalue weighted by Crippen LogP contribution is 2.24. The van der Waals surface area contributed by atoms with E-state index in [0.29, 0.717) is 12.1 Å². The molecule has 0 aliphatic heterocycles. The number of anilines is 2. The average molecular weight is 476 g/mol. The number of carbonyl (C=O) groups is 1. The minimum Gasteiger partial charge on any atom is -0.399 e. The number of nitrogens with one attached hydrogen (secondary N) is 1. The Morgan fingerprint density at radius 2 is 1.20 bits per heavy atom. The molecule has 1 amide bonds. The Bertz CT molecular complexity index is 1050. The molecule has 3 aromatic rings. The fraction of sp³-hybridized carbons (Fsp3) is 0.548. The van der Waals surface area contributed by atoms with Crippen LogP contribution in [-0.4, -0.2) is 10.9 Å². The summed E-state index contributed by atoms with van der Waals surface area (Å²) >= 11 is 0. The quantitative estimate of drug-likeness (QED) is 0.116. The molecule has 0 unspecified atom stereocenters. The molecule has 0 aliphatic carbocycles. The highest BCUT2D eigenvalue weighted by Gasteiger charge is 2.06. The number of amides is 1. The van der Waals surface area contributed by atoms with Gasteiger partial charge in [-0.15, -0.1) is 0 Å². The van der Waals surface area contributed by atoms with Crippen LogP contribution in [0.4, 0.5) is 11.4 Å². The van der Waals surface area contributed by atoms with Gasteiger partial charge in [-0.3, -0.25) is 4.79 Å². The zero-order chi connectivity index (χ0) is 24.7. The lowest BCUT2D eigenvalue weighted by Gasteiger charge is -2.08. The SMILES string of the molecule is CCCCCCCCCCCCCCCCCC(=O)Nc1ccc2cc3ccc(N)cc3nc2c1. The Labute approximate surface area is 212 Å². The number of aromatic nitrogens is 1. The summed E-state index contributed by atoms with van der Waals surface area (Å²) in [5, 5.41) is 5.16. The van der Waals surface area contributed by atoms with E-state index >= 15 is 0 Å². The van der Waals surface area contributed by atoms with Crippen LogP contribution >= 0.6 is 0 Å². The van der Waals surface area contributed by atoms with Crippen molar-refractivity contribution in [3.8, 4) is 0 Å². The number of benzene rings is 2. The molecule has 0 atom stereocenters. The van der Waals surface area contributed by atoms with Gasteiger partial charge in [-0.25, -0.2) is 4.98 Å². The van der Waals surface area contributed by atoms with E-state index in [9.17, 15) is 4.79 Å². The van der Waals surface area contributed by atoms with Crippen molar-refractivity contribution in [3.63, 3.8) is 0 Å². The molecule has 0 saturated heterocycles. The first-order valence-electron chi connectivity index (χ1n) is 14.1. The highest BCUT2D eigenvalue weighted by molar-refractivity contribution is 5.97. The smallest absolute Gasteiger partial charge is 0.224 e. The minimum absolute atomic E-state index is 0.0871. The van der Waals surface area contributed by atoms with E-state index in [1.807, 2.05) is 36.4 Å². The van der Waals surface area contributed by atoms with Gasteiger partial charge in [0.25, 0.3) is 0 Å². The average Bonchev–Trinajstić information content (AvgIpc) is 2.85. The van der Waals surface area contributed by atoms with Crippen LogP contribution < -0.4 is 11.1 Å². The van der Waals surface area contributed by atoms with Crippen molar-refractivity contribution in [1.82, 2.24) is 4.98 Å². The van der Waals surface area contributed by atoms with E-state index in [2.05, 4.69) is 18.3 Å². The molecule has 0 spiro atoms. The van der Waals surface area contributed by atoms with Crippen molar-refractivity contribution in [2.75, 3.05) is 11.1 Å². The third-order valence-electron chi connectivity index (χ3n) is 6.93. The number of nitrogen functional groups attached to an aromatic ring is 1. The minimum atomic E-state index is 0.0871. The van der Waals surface area contributed by atoms with E-state index in [4.69, 9.17) is 10.7 Å². The molecule has 4 nitrogen and oxygen atoms in total. The van der Waals surface area contributed by atoms with Crippen LogP contribution in [0.2, 0.25) is 0 Å². The fourth-order valence-electron chi connectivity index (χ4n) is 4.80. The van der Waals surface area contributed by atoms with Crippen molar-refractivity contribution in [2.24, 2.45) is 0 Å². The first-order valence-corrected chi connectivity index (χ1v) is 14.1. The molecule has 1 heterocycles. The van der Waals surface area contributed by atoms with Gasteiger partial charge in [-0.05, 0) is 36.8 Å². The Balaban J connectivity index is 1.23. The third-order valence-corrected chi connectivity index (χ3v) is 6.93. The number of nitrogens with two attached hydrogens (primary N) is 1. The fourth-order valence-corrected chi connectivity index (χ4v) is 4.80. The number of carbonyl (C=O) groups excluding carboxylic acids is 1. The molecule has 0 aliphatic rings. The monoisotopic (exact) mass is 475 g/mol. The second-order valence-corrected chi connectivity index (χ2v) is 10.1. The van der Waals surface area contributed by atoms with Crippen molar-refractivity contribution >= 4 is 39.1 Å². The van der Waals surface area contributed by atoms with Gasteiger partial charge < -0.3 is 11.1 Å². The van der Waals surface area contributed by atoms with Crippen molar-refractivity contribution in [3.05, 3.63) is 42.5 Å². The number of hydrogen-bond acceptors (Lipinski definition) is 3. The maximum Gasteiger partial charge on any atom is 0.224 e. The highest BCUT2D eigenvalue weighted by atomic mass is 16.1. The van der Waals surface area contributed by atoms with Crippen LogP contribution in [0.1, 0.15) is 110 Å². The van der Waals surface area contributed by atoms with E-state index in [1.54, 1.807) is 0 Å². The standard InChI is InChI=1S/C31H45N3O/c1-2-3-4-5-6-7-8-9-10-11-12-13-14-15-16-17-31(35)33-28-21-19-26-22-25-18-20-27(32)23-29(25)34-30(26)24-28/h18-24H,2-17,32H2,1H3,(H,33,35). The van der Waals surface area contributed by atoms with Crippen LogP contribution in [0.3, 0.4) is 0 Å². The molecule has 3 rings (SSSR count). The summed E-state index contributed by atoms with van der Waals surface area (Å²) in [6.45, 7) is 2.28. The summed E-state index contributed by atoms with van der Waals surface area (Å²) < 4.78 is 0. The molecule has 0 bridgehead atoms. The molecule has 35 heavy (non-hydrogen) atoms. The Morgan fingerprint density at radius 1 is 0.686 bits per heavy atom. The molecule has 3 N–H and O–H groups in total. The number of hydrogen-bond donors (Lipinski definition) is 2. The van der Waals surface area contributed by atoms with Crippen molar-refractivity contribution in [1.29, 1.82) is 0 Å². The summed E-state index contributed by atoms with van der Waals surface area (Å²) in [7, 11) is 0. The second-order valence-electron chi connectivity index (χ2n) is 10.1. The van der Waals surface area contributed by atoms with Crippen LogP contribution in [0.5, 0.6) is 0 Å². The molecule has 4 heteroatoms. The summed E-state index contributed by atoms with van der Waals surface area (Å²) in [6.07, 6.45) is 20.6. The first-order chi connectivity index (χ1) is 17.2. The zero-order valence-corrected chi connectivity index (χ0v) is 21.8. The number of nitrogens with zero attached hydrogens (tertiary/aromatic N) is 1. The molecule has 1 aromatic heterocycles. The molecule has 2 aromatic carbocycles. The van der Waals surface area contributed by atoms with E-state index < -0.39 is 0 Å². The van der Waals surface area contributed by atoms with Gasteiger partial charge >= 0.3 is 0 Å². The predicted octanol–water partition coefficient (Wildman–Crippen LogP) is 9.17. The summed E-state index contributed by atoms with van der Waals surface area (Å²) in [5.74, 6) is 0.0871. The van der Waals surface area contributed by atoms with Gasteiger partial charge in [0.2, 0.25) is 5.91 Å². The summed E-state index contributed by atoms with van der Waals surface area (Å²) in [5.41, 5.74) is 9.15. The molecule has 0 fully saturated rings. The molecule has 190 valence electrons. The van der Waals surface area contributed by atoms with E-state index in [0.717, 1.165) is 40.3 Å². The molecule has 0 radical (unpaired) electrons. The second kappa shape index (κ2) is 15.4. The molecular formula is C31H45N3O. The summed E-state index contributed by atoms with van der Waals surface area (Å²) in [6, 6.07) is 13.8. The number of pyridine rings is 1. The summed E-state index contributed by atoms with van der Waals surface area (Å²) in [4.78, 5) is 17.1. The first kappa shape index (κ1) is 27.0. The van der Waals surface area contributed by atoms with Crippen LogP contribution in [-0.2, 0) is 4.79 Å². The Hall–Kier alpha value is -2.62. The zero-order valence-electron chi connectivity index (χ0n) is 21.8. The number of fused-ring (bicyclic) bond motifs is 2. The predicted molar refractivity (Wildman–Crippen MR) is 152 cm³/mol. The van der Waals surface area contributed by atoms with Gasteiger partial charge in [0.05, 0.1) is 11.0 Å². The van der Waals surface area contributed by atoms with Crippen LogP contribution in [0, 0.1) is 0 Å². The topological polar surface area (TPSA) is 68.0 Å². The van der Waals surface area contributed by atoms with Gasteiger partial charge in [0, 0.05) is 28.6 Å². The van der Waals surface area contributed by atoms with Gasteiger partial charge in [-0.2, -0.15) is 0 Å². The maximum atomic E-state index is 12.4. The lowest BCUT2D eigenvalue weighted by molar-refractivity contribution is -0.116. The Morgan fingerprint density at radius 3 is 1.80 bits per heavy atom. The van der Waals surface area contributed by atoms with Crippen molar-refractivity contribution in [2.45, 2.75) is 110 Å². The number of unbranched alkanes of at least 4 members (excludes halogenated alkanes) is 14. The van der Waals surface area contributed by atoms with Crippen LogP contribution in [0.15, 0.2) is 42.5 Å². The van der Waals surface area contributed by atoms with E-state index in [1.165, 1.54) is 83.5 Å². The maximum absolute atomic E-state index is 12.4. The van der Waals surface area contributed by atoms with Gasteiger partial charge in [0.1, 0.15) is 0 Å². The lowest BCUT2D eigenvalue weighted by Crippen LogP contribution is -2.11. The largest absolute Gasteiger partial charge is 0.399 e. The van der Waals surface area contributed by atoms with Crippen molar-refractivity contribution < 1.29 is 4.79 Å². The van der Waals surface area contributed by atoms with Crippen LogP contribution in [0.25, 0.3) is 21.8 Å². The third kappa shape index (κ3) is 9.87.